The third-order valence-electron chi connectivity index (χ3n) is 4.41. The molecule has 2 N–H and O–H groups in total. The molecule has 0 bridgehead atoms. The average Bonchev–Trinajstić information content (AvgIpc) is 2.94. The molecule has 0 aliphatic carbocycles. The highest BCUT2D eigenvalue weighted by atomic mass is 16.5. The smallest absolute Gasteiger partial charge is 0.134 e. The average molecular weight is 291 g/mol. The van der Waals surface area contributed by atoms with Crippen LogP contribution in [0.3, 0.4) is 0 Å². The molecule has 0 spiro atoms. The molecule has 2 aliphatic heterocycles. The van der Waals surface area contributed by atoms with Gasteiger partial charge in [-0.3, -0.25) is 0 Å². The summed E-state index contributed by atoms with van der Waals surface area (Å²) < 4.78 is 5.30. The maximum Gasteiger partial charge on any atom is 0.134 e. The van der Waals surface area contributed by atoms with Crippen molar-refractivity contribution in [3.63, 3.8) is 0 Å². The summed E-state index contributed by atoms with van der Waals surface area (Å²) in [6.07, 6.45) is 4.08. The minimum Gasteiger partial charge on any atom is -0.380 e. The molecule has 116 valence electrons. The summed E-state index contributed by atoms with van der Waals surface area (Å²) in [6, 6.07) is 2.55. The van der Waals surface area contributed by atoms with E-state index in [1.807, 2.05) is 13.1 Å². The van der Waals surface area contributed by atoms with Crippen molar-refractivity contribution in [1.82, 2.24) is 15.3 Å². The van der Waals surface area contributed by atoms with Crippen LogP contribution in [-0.2, 0) is 4.74 Å². The molecule has 1 aromatic rings. The first-order valence-corrected chi connectivity index (χ1v) is 7.75. The molecular formula is C15H25N5O. The van der Waals surface area contributed by atoms with E-state index in [-0.39, 0.29) is 0 Å². The van der Waals surface area contributed by atoms with E-state index >= 15 is 0 Å². The molecule has 2 aliphatic rings. The number of aromatic nitrogens is 2. The normalized spacial score (nSPS) is 23.9. The van der Waals surface area contributed by atoms with Gasteiger partial charge in [0.25, 0.3) is 0 Å². The van der Waals surface area contributed by atoms with Gasteiger partial charge in [-0.15, -0.1) is 0 Å². The molecule has 3 rings (SSSR count). The number of rotatable bonds is 6. The summed E-state index contributed by atoms with van der Waals surface area (Å²) >= 11 is 0. The second-order valence-corrected chi connectivity index (χ2v) is 6.44. The van der Waals surface area contributed by atoms with Crippen molar-refractivity contribution in [2.75, 3.05) is 50.1 Å². The van der Waals surface area contributed by atoms with Crippen LogP contribution >= 0.6 is 0 Å². The Kier molecular flexibility index (Phi) is 4.26. The molecule has 1 unspecified atom stereocenters. The fourth-order valence-electron chi connectivity index (χ4n) is 3.08. The lowest BCUT2D eigenvalue weighted by atomic mass is 9.89. The number of hydrogen-bond donors (Lipinski definition) is 2. The minimum absolute atomic E-state index is 0.331. The fraction of sp³-hybridized carbons (Fsp3) is 0.733. The van der Waals surface area contributed by atoms with Gasteiger partial charge >= 0.3 is 0 Å². The molecule has 6 nitrogen and oxygen atoms in total. The van der Waals surface area contributed by atoms with Crippen LogP contribution in [0, 0.1) is 5.41 Å². The lowest BCUT2D eigenvalue weighted by Gasteiger charge is -2.38. The Bertz CT molecular complexity index is 477. The summed E-state index contributed by atoms with van der Waals surface area (Å²) in [5.41, 5.74) is 0.331. The highest BCUT2D eigenvalue weighted by molar-refractivity contribution is 5.49. The molecule has 3 heterocycles. The summed E-state index contributed by atoms with van der Waals surface area (Å²) in [7, 11) is 1.89. The fourth-order valence-corrected chi connectivity index (χ4v) is 3.08. The van der Waals surface area contributed by atoms with Crippen molar-refractivity contribution in [2.24, 2.45) is 5.41 Å². The Labute approximate surface area is 126 Å². The Morgan fingerprint density at radius 1 is 1.43 bits per heavy atom. The van der Waals surface area contributed by atoms with Gasteiger partial charge in [0.2, 0.25) is 0 Å². The van der Waals surface area contributed by atoms with Crippen molar-refractivity contribution in [3.05, 3.63) is 12.4 Å². The maximum atomic E-state index is 5.30. The van der Waals surface area contributed by atoms with E-state index < -0.39 is 0 Å². The van der Waals surface area contributed by atoms with Crippen molar-refractivity contribution in [3.8, 4) is 0 Å². The molecule has 6 heteroatoms. The molecular weight excluding hydrogens is 266 g/mol. The second-order valence-electron chi connectivity index (χ2n) is 6.44. The number of nitrogens with zero attached hydrogens (tertiary/aromatic N) is 3. The lowest BCUT2D eigenvalue weighted by Crippen LogP contribution is -2.49. The molecule has 1 aromatic heterocycles. The van der Waals surface area contributed by atoms with Crippen LogP contribution in [-0.4, -0.2) is 55.9 Å². The first kappa shape index (κ1) is 14.5. The monoisotopic (exact) mass is 291 g/mol. The van der Waals surface area contributed by atoms with Crippen molar-refractivity contribution in [2.45, 2.75) is 25.8 Å². The van der Waals surface area contributed by atoms with Gasteiger partial charge in [-0.25, -0.2) is 9.97 Å². The van der Waals surface area contributed by atoms with Gasteiger partial charge in [0.05, 0.1) is 13.2 Å². The lowest BCUT2D eigenvalue weighted by molar-refractivity contribution is -0.0990. The van der Waals surface area contributed by atoms with E-state index in [0.717, 1.165) is 44.5 Å². The van der Waals surface area contributed by atoms with Gasteiger partial charge in [0.1, 0.15) is 18.0 Å². The predicted octanol–water partition coefficient (Wildman–Crippen LogP) is 1.11. The number of hydrogen-bond acceptors (Lipinski definition) is 6. The summed E-state index contributed by atoms with van der Waals surface area (Å²) in [5.74, 6) is 1.90. The molecule has 0 radical (unpaired) electrons. The molecule has 1 atom stereocenters. The van der Waals surface area contributed by atoms with E-state index in [1.54, 1.807) is 6.33 Å². The highest BCUT2D eigenvalue weighted by Crippen LogP contribution is 2.27. The van der Waals surface area contributed by atoms with E-state index in [0.29, 0.717) is 11.5 Å². The van der Waals surface area contributed by atoms with Gasteiger partial charge in [0, 0.05) is 44.2 Å². The van der Waals surface area contributed by atoms with Crippen LogP contribution in [0.15, 0.2) is 12.4 Å². The van der Waals surface area contributed by atoms with E-state index in [1.165, 1.54) is 12.8 Å². The van der Waals surface area contributed by atoms with Crippen molar-refractivity contribution < 1.29 is 4.74 Å². The third kappa shape index (κ3) is 3.27. The van der Waals surface area contributed by atoms with Gasteiger partial charge in [-0.1, -0.05) is 6.92 Å². The third-order valence-corrected chi connectivity index (χ3v) is 4.41. The molecule has 0 saturated carbocycles. The minimum atomic E-state index is 0.331. The van der Waals surface area contributed by atoms with E-state index in [4.69, 9.17) is 4.74 Å². The van der Waals surface area contributed by atoms with Crippen LogP contribution in [0.25, 0.3) is 0 Å². The number of anilines is 2. The SMILES string of the molecule is CNc1cc(N2CCCC2CNCC2(C)COC2)ncn1. The number of ether oxygens (including phenoxy) is 1. The first-order chi connectivity index (χ1) is 10.2. The van der Waals surface area contributed by atoms with E-state index in [2.05, 4.69) is 32.4 Å². The quantitative estimate of drug-likeness (QED) is 0.819. The predicted molar refractivity (Wildman–Crippen MR) is 83.7 cm³/mol. The van der Waals surface area contributed by atoms with Crippen molar-refractivity contribution >= 4 is 11.6 Å². The second kappa shape index (κ2) is 6.15. The van der Waals surface area contributed by atoms with Crippen LogP contribution in [0.5, 0.6) is 0 Å². The highest BCUT2D eigenvalue weighted by Gasteiger charge is 2.33. The van der Waals surface area contributed by atoms with Gasteiger partial charge in [0.15, 0.2) is 0 Å². The van der Waals surface area contributed by atoms with Crippen LogP contribution in [0.2, 0.25) is 0 Å². The topological polar surface area (TPSA) is 62.3 Å². The molecule has 2 saturated heterocycles. The Morgan fingerprint density at radius 3 is 3.00 bits per heavy atom. The van der Waals surface area contributed by atoms with E-state index in [9.17, 15) is 0 Å². The largest absolute Gasteiger partial charge is 0.380 e. The zero-order valence-corrected chi connectivity index (χ0v) is 12.9. The van der Waals surface area contributed by atoms with Crippen molar-refractivity contribution in [1.29, 1.82) is 0 Å². The Balaban J connectivity index is 1.57. The van der Waals surface area contributed by atoms with Crippen LogP contribution < -0.4 is 15.5 Å². The molecule has 21 heavy (non-hydrogen) atoms. The summed E-state index contributed by atoms with van der Waals surface area (Å²) in [5, 5.41) is 6.69. The molecule has 0 amide bonds. The zero-order valence-electron chi connectivity index (χ0n) is 12.9. The zero-order chi connectivity index (χ0) is 14.7. The molecule has 0 aromatic carbocycles. The number of nitrogens with one attached hydrogen (secondary N) is 2. The standard InChI is InChI=1S/C15H25N5O/c1-15(9-21-10-15)8-17-7-12-4-3-5-20(12)14-6-13(16-2)18-11-19-14/h6,11-12,17H,3-5,7-10H2,1-2H3,(H,16,18,19). The summed E-state index contributed by atoms with van der Waals surface area (Å²) in [4.78, 5) is 11.0. The van der Waals surface area contributed by atoms with Crippen LogP contribution in [0.1, 0.15) is 19.8 Å². The molecule has 2 fully saturated rings. The maximum absolute atomic E-state index is 5.30. The van der Waals surface area contributed by atoms with Crippen LogP contribution in [0.4, 0.5) is 11.6 Å². The first-order valence-electron chi connectivity index (χ1n) is 7.75. The summed E-state index contributed by atoms with van der Waals surface area (Å²) in [6.45, 7) is 7.15. The van der Waals surface area contributed by atoms with Gasteiger partial charge < -0.3 is 20.3 Å². The Morgan fingerprint density at radius 2 is 2.29 bits per heavy atom. The van der Waals surface area contributed by atoms with Gasteiger partial charge in [-0.2, -0.15) is 0 Å². The van der Waals surface area contributed by atoms with Gasteiger partial charge in [-0.05, 0) is 12.8 Å². The Hall–Kier alpha value is -1.40.